The van der Waals surface area contributed by atoms with Crippen molar-refractivity contribution in [3.8, 4) is 0 Å². The van der Waals surface area contributed by atoms with E-state index in [1.54, 1.807) is 11.9 Å². The molecule has 1 aromatic rings. The summed E-state index contributed by atoms with van der Waals surface area (Å²) in [5, 5.41) is 8.91. The summed E-state index contributed by atoms with van der Waals surface area (Å²) in [6, 6.07) is 0.598. The van der Waals surface area contributed by atoms with Gasteiger partial charge in [-0.25, -0.2) is 9.78 Å². The fourth-order valence-corrected chi connectivity index (χ4v) is 1.85. The van der Waals surface area contributed by atoms with Gasteiger partial charge in [0, 0.05) is 18.7 Å². The van der Waals surface area contributed by atoms with Gasteiger partial charge in [-0.15, -0.1) is 0 Å². The molecular formula is C10H9F3N2O2. The number of nitrogens with zero attached hydrogens (tertiary/aromatic N) is 2. The van der Waals surface area contributed by atoms with Crippen LogP contribution in [0.5, 0.6) is 0 Å². The largest absolute Gasteiger partial charge is 0.478 e. The Morgan fingerprint density at radius 1 is 1.47 bits per heavy atom. The molecule has 1 aliphatic rings. The van der Waals surface area contributed by atoms with Crippen LogP contribution in [-0.4, -0.2) is 28.0 Å². The molecule has 0 amide bonds. The Morgan fingerprint density at radius 3 is 2.65 bits per heavy atom. The van der Waals surface area contributed by atoms with Gasteiger partial charge in [-0.05, 0) is 13.1 Å². The van der Waals surface area contributed by atoms with Gasteiger partial charge in [0.15, 0.2) is 0 Å². The van der Waals surface area contributed by atoms with E-state index in [1.165, 1.54) is 0 Å². The molecule has 0 aliphatic carbocycles. The number of carboxylic acids is 1. The molecule has 0 aromatic carbocycles. The molecule has 1 aromatic heterocycles. The zero-order valence-corrected chi connectivity index (χ0v) is 8.88. The van der Waals surface area contributed by atoms with Crippen molar-refractivity contribution in [2.45, 2.75) is 19.3 Å². The highest BCUT2D eigenvalue weighted by Gasteiger charge is 2.36. The molecule has 0 unspecified atom stereocenters. The van der Waals surface area contributed by atoms with Gasteiger partial charge in [0.2, 0.25) is 0 Å². The number of halogens is 3. The van der Waals surface area contributed by atoms with Crippen molar-refractivity contribution in [3.05, 3.63) is 28.6 Å². The van der Waals surface area contributed by atoms with Crippen molar-refractivity contribution in [1.29, 1.82) is 0 Å². The summed E-state index contributed by atoms with van der Waals surface area (Å²) in [7, 11) is 1.70. The van der Waals surface area contributed by atoms with E-state index in [0.29, 0.717) is 18.2 Å². The minimum Gasteiger partial charge on any atom is -0.478 e. The number of rotatable bonds is 1. The Labute approximate surface area is 94.7 Å². The summed E-state index contributed by atoms with van der Waals surface area (Å²) in [5.74, 6) is -1.36. The monoisotopic (exact) mass is 246 g/mol. The minimum absolute atomic E-state index is 0.194. The molecule has 4 nitrogen and oxygen atoms in total. The van der Waals surface area contributed by atoms with Gasteiger partial charge >= 0.3 is 12.1 Å². The first-order chi connectivity index (χ1) is 7.79. The number of carbonyl (C=O) groups is 1. The third kappa shape index (κ3) is 2.10. The molecule has 92 valence electrons. The highest BCUT2D eigenvalue weighted by molar-refractivity contribution is 5.90. The summed E-state index contributed by atoms with van der Waals surface area (Å²) in [5.41, 5.74) is -0.900. The topological polar surface area (TPSA) is 53.4 Å². The van der Waals surface area contributed by atoms with Crippen LogP contribution in [0.3, 0.4) is 0 Å². The fourth-order valence-electron chi connectivity index (χ4n) is 1.85. The third-order valence-corrected chi connectivity index (χ3v) is 2.58. The van der Waals surface area contributed by atoms with Crippen molar-refractivity contribution in [2.24, 2.45) is 0 Å². The highest BCUT2D eigenvalue weighted by Crippen LogP contribution is 2.32. The molecule has 2 rings (SSSR count). The lowest BCUT2D eigenvalue weighted by atomic mass is 10.1. The molecule has 0 bridgehead atoms. The zero-order chi connectivity index (χ0) is 12.8. The van der Waals surface area contributed by atoms with Crippen LogP contribution in [0.25, 0.3) is 0 Å². The standard InChI is InChI=1S/C10H9F3N2O2/c1-15-3-6-5(9(16)17)2-8(10(11,12)13)14-7(6)4-15/h2H,3-4H2,1H3,(H,16,17). The lowest BCUT2D eigenvalue weighted by molar-refractivity contribution is -0.141. The Morgan fingerprint density at radius 2 is 2.12 bits per heavy atom. The Hall–Kier alpha value is -1.63. The van der Waals surface area contributed by atoms with Crippen LogP contribution in [0.15, 0.2) is 6.07 Å². The van der Waals surface area contributed by atoms with Gasteiger partial charge < -0.3 is 5.11 Å². The molecule has 0 radical (unpaired) electrons. The maximum atomic E-state index is 12.5. The van der Waals surface area contributed by atoms with Crippen LogP contribution in [0.4, 0.5) is 13.2 Å². The van der Waals surface area contributed by atoms with Gasteiger partial charge in [-0.1, -0.05) is 0 Å². The molecule has 0 atom stereocenters. The van der Waals surface area contributed by atoms with E-state index in [2.05, 4.69) is 4.98 Å². The number of alkyl halides is 3. The summed E-state index contributed by atoms with van der Waals surface area (Å²) in [6.07, 6.45) is -4.62. The molecule has 17 heavy (non-hydrogen) atoms. The van der Waals surface area contributed by atoms with E-state index in [0.717, 1.165) is 0 Å². The first-order valence-electron chi connectivity index (χ1n) is 4.81. The predicted molar refractivity (Wildman–Crippen MR) is 51.4 cm³/mol. The third-order valence-electron chi connectivity index (χ3n) is 2.58. The van der Waals surface area contributed by atoms with E-state index in [1.807, 2.05) is 0 Å². The molecule has 1 N–H and O–H groups in total. The van der Waals surface area contributed by atoms with Crippen molar-refractivity contribution in [1.82, 2.24) is 9.88 Å². The summed E-state index contributed by atoms with van der Waals surface area (Å²) >= 11 is 0. The number of aromatic carboxylic acids is 1. The van der Waals surface area contributed by atoms with Crippen LogP contribution in [0.2, 0.25) is 0 Å². The maximum Gasteiger partial charge on any atom is 0.433 e. The Bertz CT molecular complexity index is 485. The number of hydrogen-bond acceptors (Lipinski definition) is 3. The minimum atomic E-state index is -4.62. The number of carboxylic acid groups (broad SMARTS) is 1. The molecule has 0 saturated heterocycles. The second-order valence-corrected chi connectivity index (χ2v) is 3.96. The molecule has 2 heterocycles. The van der Waals surface area contributed by atoms with Crippen molar-refractivity contribution < 1.29 is 23.1 Å². The smallest absolute Gasteiger partial charge is 0.433 e. The van der Waals surface area contributed by atoms with Crippen LogP contribution >= 0.6 is 0 Å². The molecular weight excluding hydrogens is 237 g/mol. The van der Waals surface area contributed by atoms with Gasteiger partial charge in [-0.2, -0.15) is 13.2 Å². The highest BCUT2D eigenvalue weighted by atomic mass is 19.4. The molecule has 0 spiro atoms. The SMILES string of the molecule is CN1Cc2nc(C(F)(F)F)cc(C(=O)O)c2C1. The van der Waals surface area contributed by atoms with Crippen LogP contribution in [0.1, 0.15) is 27.3 Å². The lowest BCUT2D eigenvalue weighted by Gasteiger charge is -2.09. The normalized spacial score (nSPS) is 16.0. The second kappa shape index (κ2) is 3.69. The van der Waals surface area contributed by atoms with Crippen molar-refractivity contribution in [2.75, 3.05) is 7.05 Å². The first kappa shape index (κ1) is 11.8. The van der Waals surface area contributed by atoms with Gasteiger partial charge in [0.25, 0.3) is 0 Å². The van der Waals surface area contributed by atoms with E-state index < -0.39 is 17.8 Å². The Balaban J connectivity index is 2.60. The molecule has 7 heteroatoms. The number of aromatic nitrogens is 1. The fraction of sp³-hybridized carbons (Fsp3) is 0.400. The lowest BCUT2D eigenvalue weighted by Crippen LogP contribution is -2.13. The van der Waals surface area contributed by atoms with Crippen LogP contribution < -0.4 is 0 Å². The molecule has 1 aliphatic heterocycles. The quantitative estimate of drug-likeness (QED) is 0.820. The summed E-state index contributed by atoms with van der Waals surface area (Å²) in [6.45, 7) is 0.543. The van der Waals surface area contributed by atoms with Crippen LogP contribution in [0, 0.1) is 0 Å². The number of hydrogen-bond donors (Lipinski definition) is 1. The summed E-state index contributed by atoms with van der Waals surface area (Å²) in [4.78, 5) is 16.1. The van der Waals surface area contributed by atoms with Gasteiger partial charge in [0.05, 0.1) is 11.3 Å². The predicted octanol–water partition coefficient (Wildman–Crippen LogP) is 1.74. The Kier molecular flexibility index (Phi) is 2.57. The molecule has 0 fully saturated rings. The average Bonchev–Trinajstić information content (AvgIpc) is 2.54. The first-order valence-corrected chi connectivity index (χ1v) is 4.81. The number of pyridine rings is 1. The van der Waals surface area contributed by atoms with Crippen molar-refractivity contribution >= 4 is 5.97 Å². The van der Waals surface area contributed by atoms with E-state index in [4.69, 9.17) is 5.11 Å². The second-order valence-electron chi connectivity index (χ2n) is 3.96. The average molecular weight is 246 g/mol. The molecule has 0 saturated carbocycles. The van der Waals surface area contributed by atoms with Gasteiger partial charge in [-0.3, -0.25) is 4.90 Å². The number of fused-ring (bicyclic) bond motifs is 1. The zero-order valence-electron chi connectivity index (χ0n) is 8.88. The van der Waals surface area contributed by atoms with Gasteiger partial charge in [0.1, 0.15) is 5.69 Å². The van der Waals surface area contributed by atoms with Crippen LogP contribution in [-0.2, 0) is 19.3 Å². The van der Waals surface area contributed by atoms with Crippen molar-refractivity contribution in [3.63, 3.8) is 0 Å². The van der Waals surface area contributed by atoms with E-state index >= 15 is 0 Å². The maximum absolute atomic E-state index is 12.5. The summed E-state index contributed by atoms with van der Waals surface area (Å²) < 4.78 is 37.6. The van der Waals surface area contributed by atoms with E-state index in [9.17, 15) is 18.0 Å². The van der Waals surface area contributed by atoms with E-state index in [-0.39, 0.29) is 17.8 Å².